The number of carbonyl (C=O) groups is 2. The van der Waals surface area contributed by atoms with Crippen LogP contribution in [0.4, 0.5) is 8.78 Å². The van der Waals surface area contributed by atoms with Crippen molar-refractivity contribution >= 4 is 11.8 Å². The molecule has 0 unspecified atom stereocenters. The fourth-order valence-electron chi connectivity index (χ4n) is 2.30. The van der Waals surface area contributed by atoms with Gasteiger partial charge in [-0.25, -0.2) is 8.78 Å². The predicted octanol–water partition coefficient (Wildman–Crippen LogP) is 2.41. The average Bonchev–Trinajstić information content (AvgIpc) is 2.52. The molecule has 2 aromatic rings. The van der Waals surface area contributed by atoms with Crippen molar-refractivity contribution in [3.05, 3.63) is 70.3 Å². The monoisotopic (exact) mass is 332 g/mol. The Kier molecular flexibility index (Phi) is 5.28. The summed E-state index contributed by atoms with van der Waals surface area (Å²) in [7, 11) is 0. The van der Waals surface area contributed by atoms with Crippen LogP contribution in [0.3, 0.4) is 0 Å². The molecule has 2 amide bonds. The summed E-state index contributed by atoms with van der Waals surface area (Å²) < 4.78 is 26.9. The minimum atomic E-state index is -1.26. The number of nitrogens with two attached hydrogens (primary N) is 1. The number of hydrogen-bond donors (Lipinski definition) is 2. The summed E-state index contributed by atoms with van der Waals surface area (Å²) >= 11 is 0. The minimum Gasteiger partial charge on any atom is -0.368 e. The first-order valence-electron chi connectivity index (χ1n) is 7.40. The van der Waals surface area contributed by atoms with Crippen molar-refractivity contribution in [1.82, 2.24) is 5.32 Å². The lowest BCUT2D eigenvalue weighted by molar-refractivity contribution is -0.119. The zero-order valence-electron chi connectivity index (χ0n) is 13.4. The van der Waals surface area contributed by atoms with E-state index in [4.69, 9.17) is 5.73 Å². The first-order chi connectivity index (χ1) is 11.3. The van der Waals surface area contributed by atoms with Crippen LogP contribution in [0.25, 0.3) is 0 Å². The summed E-state index contributed by atoms with van der Waals surface area (Å²) in [6.07, 6.45) is 0.166. The molecule has 0 radical (unpaired) electrons. The average molecular weight is 332 g/mol. The Hall–Kier alpha value is -2.76. The highest BCUT2D eigenvalue weighted by atomic mass is 19.2. The lowest BCUT2D eigenvalue weighted by Gasteiger charge is -2.16. The van der Waals surface area contributed by atoms with Crippen LogP contribution >= 0.6 is 0 Å². The first-order valence-corrected chi connectivity index (χ1v) is 7.40. The number of nitrogens with one attached hydrogen (secondary N) is 1. The molecule has 6 heteroatoms. The van der Waals surface area contributed by atoms with Gasteiger partial charge in [0.2, 0.25) is 5.91 Å². The maximum atomic E-state index is 13.7. The molecule has 0 aromatic heterocycles. The van der Waals surface area contributed by atoms with Crippen molar-refractivity contribution in [2.75, 3.05) is 0 Å². The van der Waals surface area contributed by atoms with Crippen LogP contribution in [-0.2, 0) is 11.2 Å². The second-order valence-electron chi connectivity index (χ2n) is 5.65. The van der Waals surface area contributed by atoms with Crippen LogP contribution in [0, 0.1) is 25.5 Å². The Morgan fingerprint density at radius 3 is 2.46 bits per heavy atom. The zero-order valence-corrected chi connectivity index (χ0v) is 13.4. The van der Waals surface area contributed by atoms with Gasteiger partial charge in [0.15, 0.2) is 11.6 Å². The van der Waals surface area contributed by atoms with Gasteiger partial charge in [-0.05, 0) is 42.7 Å². The van der Waals surface area contributed by atoms with Gasteiger partial charge in [0.1, 0.15) is 6.04 Å². The standard InChI is InChI=1S/C18H18F2N2O2/c1-10-6-7-12(8-11(10)2)9-15(17(21)23)22-18(24)13-4-3-5-14(19)16(13)20/h3-8,15H,9H2,1-2H3,(H2,21,23)(H,22,24)/t15-/m1/s1. The van der Waals surface area contributed by atoms with Gasteiger partial charge in [0, 0.05) is 6.42 Å². The van der Waals surface area contributed by atoms with E-state index >= 15 is 0 Å². The molecule has 0 spiro atoms. The molecule has 0 saturated carbocycles. The Balaban J connectivity index is 2.19. The van der Waals surface area contributed by atoms with E-state index in [2.05, 4.69) is 5.32 Å². The molecular formula is C18H18F2N2O2. The van der Waals surface area contributed by atoms with E-state index in [0.29, 0.717) is 0 Å². The maximum Gasteiger partial charge on any atom is 0.255 e. The first kappa shape index (κ1) is 17.6. The molecule has 0 saturated heterocycles. The van der Waals surface area contributed by atoms with Crippen LogP contribution in [0.5, 0.6) is 0 Å². The Bertz CT molecular complexity index is 791. The molecule has 0 bridgehead atoms. The molecule has 3 N–H and O–H groups in total. The van der Waals surface area contributed by atoms with E-state index in [9.17, 15) is 18.4 Å². The van der Waals surface area contributed by atoms with Crippen LogP contribution in [-0.4, -0.2) is 17.9 Å². The third-order valence-corrected chi connectivity index (χ3v) is 3.86. The molecule has 1 atom stereocenters. The Morgan fingerprint density at radius 1 is 1.12 bits per heavy atom. The molecule has 24 heavy (non-hydrogen) atoms. The molecule has 4 nitrogen and oxygen atoms in total. The molecule has 0 aliphatic carbocycles. The van der Waals surface area contributed by atoms with Gasteiger partial charge < -0.3 is 11.1 Å². The van der Waals surface area contributed by atoms with E-state index in [1.165, 1.54) is 6.07 Å². The summed E-state index contributed by atoms with van der Waals surface area (Å²) in [6.45, 7) is 3.89. The highest BCUT2D eigenvalue weighted by Gasteiger charge is 2.22. The van der Waals surface area contributed by atoms with E-state index in [0.717, 1.165) is 28.8 Å². The number of hydrogen-bond acceptors (Lipinski definition) is 2. The summed E-state index contributed by atoms with van der Waals surface area (Å²) in [5.74, 6) is -4.03. The van der Waals surface area contributed by atoms with Crippen molar-refractivity contribution in [1.29, 1.82) is 0 Å². The van der Waals surface area contributed by atoms with Gasteiger partial charge in [-0.15, -0.1) is 0 Å². The molecule has 126 valence electrons. The fourth-order valence-corrected chi connectivity index (χ4v) is 2.30. The molecule has 0 aliphatic rings. The van der Waals surface area contributed by atoms with E-state index in [-0.39, 0.29) is 6.42 Å². The number of carbonyl (C=O) groups excluding carboxylic acids is 2. The highest BCUT2D eigenvalue weighted by Crippen LogP contribution is 2.14. The lowest BCUT2D eigenvalue weighted by atomic mass is 10.0. The number of benzene rings is 2. The number of amides is 2. The van der Waals surface area contributed by atoms with Gasteiger partial charge in [0.05, 0.1) is 5.56 Å². The Labute approximate surface area is 138 Å². The predicted molar refractivity (Wildman–Crippen MR) is 86.4 cm³/mol. The van der Waals surface area contributed by atoms with Gasteiger partial charge in [-0.3, -0.25) is 9.59 Å². The number of primary amides is 1. The van der Waals surface area contributed by atoms with Gasteiger partial charge in [-0.1, -0.05) is 24.3 Å². The van der Waals surface area contributed by atoms with Crippen molar-refractivity contribution in [2.45, 2.75) is 26.3 Å². The van der Waals surface area contributed by atoms with Crippen LogP contribution in [0.2, 0.25) is 0 Å². The van der Waals surface area contributed by atoms with E-state index in [1.54, 1.807) is 0 Å². The second-order valence-corrected chi connectivity index (χ2v) is 5.65. The van der Waals surface area contributed by atoms with Crippen molar-refractivity contribution in [3.8, 4) is 0 Å². The third kappa shape index (κ3) is 3.95. The number of rotatable bonds is 5. The lowest BCUT2D eigenvalue weighted by Crippen LogP contribution is -2.46. The van der Waals surface area contributed by atoms with Crippen molar-refractivity contribution in [2.24, 2.45) is 5.73 Å². The summed E-state index contributed by atoms with van der Waals surface area (Å²) in [4.78, 5) is 23.7. The topological polar surface area (TPSA) is 72.2 Å². The third-order valence-electron chi connectivity index (χ3n) is 3.86. The smallest absolute Gasteiger partial charge is 0.255 e. The van der Waals surface area contributed by atoms with Crippen LogP contribution < -0.4 is 11.1 Å². The van der Waals surface area contributed by atoms with E-state index < -0.39 is 35.1 Å². The number of halogens is 2. The Morgan fingerprint density at radius 2 is 1.83 bits per heavy atom. The number of aryl methyl sites for hydroxylation is 2. The van der Waals surface area contributed by atoms with Crippen molar-refractivity contribution in [3.63, 3.8) is 0 Å². The normalized spacial score (nSPS) is 11.8. The summed E-state index contributed by atoms with van der Waals surface area (Å²) in [5.41, 5.74) is 7.80. The SMILES string of the molecule is Cc1ccc(C[C@@H](NC(=O)c2cccc(F)c2F)C(N)=O)cc1C. The minimum absolute atomic E-state index is 0.166. The zero-order chi connectivity index (χ0) is 17.9. The van der Waals surface area contributed by atoms with E-state index in [1.807, 2.05) is 32.0 Å². The molecule has 2 rings (SSSR count). The summed E-state index contributed by atoms with van der Waals surface area (Å²) in [5, 5.41) is 2.36. The second kappa shape index (κ2) is 7.21. The maximum absolute atomic E-state index is 13.7. The molecular weight excluding hydrogens is 314 g/mol. The fraction of sp³-hybridized carbons (Fsp3) is 0.222. The molecule has 0 aliphatic heterocycles. The van der Waals surface area contributed by atoms with Gasteiger partial charge >= 0.3 is 0 Å². The molecule has 0 fully saturated rings. The largest absolute Gasteiger partial charge is 0.368 e. The van der Waals surface area contributed by atoms with Gasteiger partial charge in [-0.2, -0.15) is 0 Å². The highest BCUT2D eigenvalue weighted by molar-refractivity contribution is 5.97. The molecule has 0 heterocycles. The van der Waals surface area contributed by atoms with Crippen LogP contribution in [0.15, 0.2) is 36.4 Å². The van der Waals surface area contributed by atoms with Crippen molar-refractivity contribution < 1.29 is 18.4 Å². The van der Waals surface area contributed by atoms with Crippen LogP contribution in [0.1, 0.15) is 27.0 Å². The molecule has 2 aromatic carbocycles. The quantitative estimate of drug-likeness (QED) is 0.882. The summed E-state index contributed by atoms with van der Waals surface area (Å²) in [6, 6.07) is 7.86. The van der Waals surface area contributed by atoms with Gasteiger partial charge in [0.25, 0.3) is 5.91 Å².